The summed E-state index contributed by atoms with van der Waals surface area (Å²) in [7, 11) is 0. The van der Waals surface area contributed by atoms with Crippen LogP contribution in [0.15, 0.2) is 0 Å². The molecule has 2 bridgehead atoms. The molecule has 0 N–H and O–H groups in total. The van der Waals surface area contributed by atoms with Crippen molar-refractivity contribution in [2.45, 2.75) is 107 Å². The summed E-state index contributed by atoms with van der Waals surface area (Å²) in [6.45, 7) is 2.27. The molecule has 0 aromatic heterocycles. The highest BCUT2D eigenvalue weighted by molar-refractivity contribution is 8.00. The summed E-state index contributed by atoms with van der Waals surface area (Å²) in [5, 5.41) is 1.64. The second-order valence-corrected chi connectivity index (χ2v) is 8.78. The standard InChI is InChI=1S/C19H34OS/c1-2-3-4-5-6-7-8-9-10-11-19(20)16-14-17-12-13-18(15-16)21-17/h16-18H,2-15H2,1H3. The molecular weight excluding hydrogens is 276 g/mol. The van der Waals surface area contributed by atoms with Gasteiger partial charge in [-0.3, -0.25) is 4.79 Å². The van der Waals surface area contributed by atoms with Crippen LogP contribution in [0.25, 0.3) is 0 Å². The molecule has 0 radical (unpaired) electrons. The molecule has 122 valence electrons. The third-order valence-corrected chi connectivity index (χ3v) is 6.90. The lowest BCUT2D eigenvalue weighted by Gasteiger charge is -2.26. The zero-order chi connectivity index (χ0) is 14.9. The Bertz CT molecular complexity index is 290. The Labute approximate surface area is 136 Å². The van der Waals surface area contributed by atoms with E-state index in [1.165, 1.54) is 77.0 Å². The minimum absolute atomic E-state index is 0.429. The predicted octanol–water partition coefficient (Wildman–Crippen LogP) is 6.15. The van der Waals surface area contributed by atoms with Gasteiger partial charge in [-0.05, 0) is 32.1 Å². The van der Waals surface area contributed by atoms with Crippen molar-refractivity contribution in [1.82, 2.24) is 0 Å². The number of thioether (sulfide) groups is 1. The van der Waals surface area contributed by atoms with Gasteiger partial charge in [0, 0.05) is 22.8 Å². The van der Waals surface area contributed by atoms with Crippen molar-refractivity contribution >= 4 is 17.5 Å². The van der Waals surface area contributed by atoms with Crippen LogP contribution in [-0.4, -0.2) is 16.3 Å². The fraction of sp³-hybridized carbons (Fsp3) is 0.947. The zero-order valence-electron chi connectivity index (χ0n) is 13.9. The molecule has 2 fully saturated rings. The first-order valence-electron chi connectivity index (χ1n) is 9.47. The normalized spacial score (nSPS) is 28.0. The van der Waals surface area contributed by atoms with E-state index in [0.29, 0.717) is 11.7 Å². The van der Waals surface area contributed by atoms with Gasteiger partial charge in [0.25, 0.3) is 0 Å². The van der Waals surface area contributed by atoms with Crippen LogP contribution in [0.4, 0.5) is 0 Å². The van der Waals surface area contributed by atoms with Gasteiger partial charge in [-0.2, -0.15) is 11.8 Å². The zero-order valence-corrected chi connectivity index (χ0v) is 14.8. The predicted molar refractivity (Wildman–Crippen MR) is 94.0 cm³/mol. The molecule has 2 heteroatoms. The molecule has 0 spiro atoms. The molecule has 2 heterocycles. The molecule has 2 saturated heterocycles. The van der Waals surface area contributed by atoms with E-state index in [0.717, 1.165) is 23.3 Å². The van der Waals surface area contributed by atoms with Crippen LogP contribution >= 0.6 is 11.8 Å². The van der Waals surface area contributed by atoms with Gasteiger partial charge in [0.05, 0.1) is 0 Å². The molecule has 0 aliphatic carbocycles. The van der Waals surface area contributed by atoms with Gasteiger partial charge >= 0.3 is 0 Å². The monoisotopic (exact) mass is 310 g/mol. The summed E-state index contributed by atoms with van der Waals surface area (Å²) in [5.41, 5.74) is 0. The molecule has 2 aliphatic rings. The number of carbonyl (C=O) groups excluding carboxylic acids is 1. The Morgan fingerprint density at radius 1 is 0.857 bits per heavy atom. The molecule has 0 amide bonds. The van der Waals surface area contributed by atoms with E-state index in [2.05, 4.69) is 18.7 Å². The highest BCUT2D eigenvalue weighted by atomic mass is 32.2. The highest BCUT2D eigenvalue weighted by Crippen LogP contribution is 2.46. The topological polar surface area (TPSA) is 17.1 Å². The van der Waals surface area contributed by atoms with Crippen molar-refractivity contribution < 1.29 is 4.79 Å². The highest BCUT2D eigenvalue weighted by Gasteiger charge is 2.37. The van der Waals surface area contributed by atoms with Crippen molar-refractivity contribution in [3.05, 3.63) is 0 Å². The van der Waals surface area contributed by atoms with Gasteiger partial charge in [0.1, 0.15) is 5.78 Å². The number of Topliss-reactive ketones (excluding diaryl/α,β-unsaturated/α-hetero) is 1. The number of fused-ring (bicyclic) bond motifs is 2. The fourth-order valence-electron chi connectivity index (χ4n) is 3.93. The SMILES string of the molecule is CCCCCCCCCCCC(=O)C1CC2CCC(C1)S2. The van der Waals surface area contributed by atoms with Gasteiger partial charge in [0.2, 0.25) is 0 Å². The maximum absolute atomic E-state index is 12.3. The van der Waals surface area contributed by atoms with E-state index in [1.54, 1.807) is 0 Å². The average Bonchev–Trinajstić information content (AvgIpc) is 2.83. The van der Waals surface area contributed by atoms with Crippen LogP contribution in [0.2, 0.25) is 0 Å². The molecule has 0 aromatic carbocycles. The van der Waals surface area contributed by atoms with Gasteiger partial charge in [-0.15, -0.1) is 0 Å². The Hall–Kier alpha value is 0.0200. The number of rotatable bonds is 11. The molecular formula is C19H34OS. The van der Waals surface area contributed by atoms with Crippen LogP contribution < -0.4 is 0 Å². The fourth-order valence-corrected chi connectivity index (χ4v) is 5.71. The molecule has 1 nitrogen and oxygen atoms in total. The Kier molecular flexibility index (Phi) is 8.21. The van der Waals surface area contributed by atoms with Crippen LogP contribution in [-0.2, 0) is 4.79 Å². The van der Waals surface area contributed by atoms with Crippen LogP contribution in [0.1, 0.15) is 96.8 Å². The first-order chi connectivity index (χ1) is 10.3. The van der Waals surface area contributed by atoms with Crippen molar-refractivity contribution in [3.8, 4) is 0 Å². The van der Waals surface area contributed by atoms with Gasteiger partial charge in [-0.25, -0.2) is 0 Å². The van der Waals surface area contributed by atoms with E-state index in [1.807, 2.05) is 0 Å². The van der Waals surface area contributed by atoms with E-state index in [4.69, 9.17) is 0 Å². The summed E-state index contributed by atoms with van der Waals surface area (Å²) in [6, 6.07) is 0. The molecule has 21 heavy (non-hydrogen) atoms. The van der Waals surface area contributed by atoms with Crippen LogP contribution in [0.3, 0.4) is 0 Å². The number of carbonyl (C=O) groups is 1. The quantitative estimate of drug-likeness (QED) is 0.426. The minimum Gasteiger partial charge on any atom is -0.299 e. The Morgan fingerprint density at radius 2 is 1.38 bits per heavy atom. The Morgan fingerprint density at radius 3 is 1.95 bits per heavy atom. The van der Waals surface area contributed by atoms with Crippen LogP contribution in [0.5, 0.6) is 0 Å². The maximum Gasteiger partial charge on any atom is 0.136 e. The van der Waals surface area contributed by atoms with E-state index in [9.17, 15) is 4.79 Å². The number of ketones is 1. The van der Waals surface area contributed by atoms with Crippen molar-refractivity contribution in [3.63, 3.8) is 0 Å². The van der Waals surface area contributed by atoms with Crippen molar-refractivity contribution in [2.75, 3.05) is 0 Å². The lowest BCUT2D eigenvalue weighted by Crippen LogP contribution is -2.24. The Balaban J connectivity index is 1.44. The summed E-state index contributed by atoms with van der Waals surface area (Å²) in [4.78, 5) is 12.3. The molecule has 0 aromatic rings. The van der Waals surface area contributed by atoms with Gasteiger partial charge < -0.3 is 0 Å². The first kappa shape index (κ1) is 17.4. The molecule has 2 atom stereocenters. The number of hydrogen-bond acceptors (Lipinski definition) is 2. The molecule has 0 saturated carbocycles. The third kappa shape index (κ3) is 6.34. The number of hydrogen-bond donors (Lipinski definition) is 0. The van der Waals surface area contributed by atoms with E-state index >= 15 is 0 Å². The van der Waals surface area contributed by atoms with Gasteiger partial charge in [-0.1, -0.05) is 58.3 Å². The van der Waals surface area contributed by atoms with E-state index in [-0.39, 0.29) is 0 Å². The lowest BCUT2D eigenvalue weighted by atomic mass is 9.91. The summed E-state index contributed by atoms with van der Waals surface area (Å²) in [6.07, 6.45) is 18.1. The minimum atomic E-state index is 0.429. The maximum atomic E-state index is 12.3. The third-order valence-electron chi connectivity index (χ3n) is 5.27. The first-order valence-corrected chi connectivity index (χ1v) is 10.4. The molecule has 2 rings (SSSR count). The number of unbranched alkanes of at least 4 members (excludes halogenated alkanes) is 8. The largest absolute Gasteiger partial charge is 0.299 e. The second-order valence-electron chi connectivity index (χ2n) is 7.17. The summed E-state index contributed by atoms with van der Waals surface area (Å²) in [5.74, 6) is 1.02. The average molecular weight is 311 g/mol. The second kappa shape index (κ2) is 9.92. The lowest BCUT2D eigenvalue weighted by molar-refractivity contribution is -0.123. The van der Waals surface area contributed by atoms with Crippen molar-refractivity contribution in [1.29, 1.82) is 0 Å². The van der Waals surface area contributed by atoms with Crippen LogP contribution in [0, 0.1) is 5.92 Å². The summed E-state index contributed by atoms with van der Waals surface area (Å²) >= 11 is 2.16. The summed E-state index contributed by atoms with van der Waals surface area (Å²) < 4.78 is 0. The molecule has 2 aliphatic heterocycles. The van der Waals surface area contributed by atoms with E-state index < -0.39 is 0 Å². The smallest absolute Gasteiger partial charge is 0.136 e. The van der Waals surface area contributed by atoms with Gasteiger partial charge in [0.15, 0.2) is 0 Å². The molecule has 2 unspecified atom stereocenters. The van der Waals surface area contributed by atoms with Crippen molar-refractivity contribution in [2.24, 2.45) is 5.92 Å².